The lowest BCUT2D eigenvalue weighted by molar-refractivity contribution is -0.135. The van der Waals surface area contributed by atoms with Crippen LogP contribution >= 0.6 is 0 Å². The molecule has 2 aromatic carbocycles. The zero-order chi connectivity index (χ0) is 19.6. The van der Waals surface area contributed by atoms with Crippen molar-refractivity contribution >= 4 is 11.7 Å². The number of Topliss-reactive ketones (excluding diaryl/α,β-unsaturated/α-hetero) is 1. The maximum absolute atomic E-state index is 13.7. The zero-order valence-corrected chi connectivity index (χ0v) is 15.6. The standard InChI is InChI=1S/C22H24N2O4/c23-21(26)15-6-7-16-13-24-14-19(28-18(16)12-15)20(25)22(8-10-27-11-9-22)17-4-2-1-3-5-17/h1-7,12,19,24H,8-11,13-14H2,(H2,23,26). The number of ether oxygens (including phenoxy) is 2. The minimum absolute atomic E-state index is 0.0480. The SMILES string of the molecule is NC(=O)c1ccc2c(c1)OC(C(=O)C1(c3ccccc3)CCOCC1)CNC2. The first kappa shape index (κ1) is 18.7. The van der Waals surface area contributed by atoms with E-state index in [0.717, 1.165) is 11.1 Å². The molecule has 0 aliphatic carbocycles. The van der Waals surface area contributed by atoms with Crippen LogP contribution in [0.15, 0.2) is 48.5 Å². The normalized spacial score (nSPS) is 21.1. The average molecular weight is 380 g/mol. The van der Waals surface area contributed by atoms with Crippen LogP contribution in [0.4, 0.5) is 0 Å². The van der Waals surface area contributed by atoms with Gasteiger partial charge in [-0.25, -0.2) is 0 Å². The zero-order valence-electron chi connectivity index (χ0n) is 15.6. The van der Waals surface area contributed by atoms with E-state index in [1.165, 1.54) is 0 Å². The molecule has 146 valence electrons. The molecule has 1 atom stereocenters. The summed E-state index contributed by atoms with van der Waals surface area (Å²) in [6, 6.07) is 15.0. The molecule has 4 rings (SSSR count). The van der Waals surface area contributed by atoms with Crippen molar-refractivity contribution < 1.29 is 19.1 Å². The molecule has 0 saturated carbocycles. The molecule has 28 heavy (non-hydrogen) atoms. The lowest BCUT2D eigenvalue weighted by Gasteiger charge is -2.38. The second-order valence-electron chi connectivity index (χ2n) is 7.35. The molecule has 0 radical (unpaired) electrons. The largest absolute Gasteiger partial charge is 0.481 e. The van der Waals surface area contributed by atoms with Crippen LogP contribution in [0.25, 0.3) is 0 Å². The molecular formula is C22H24N2O4. The Labute approximate surface area is 164 Å². The van der Waals surface area contributed by atoms with Crippen molar-refractivity contribution in [2.45, 2.75) is 30.9 Å². The Hall–Kier alpha value is -2.70. The van der Waals surface area contributed by atoms with Crippen LogP contribution in [0, 0.1) is 0 Å². The van der Waals surface area contributed by atoms with Gasteiger partial charge in [-0.15, -0.1) is 0 Å². The number of benzene rings is 2. The number of rotatable bonds is 4. The summed E-state index contributed by atoms with van der Waals surface area (Å²) < 4.78 is 11.7. The molecule has 1 saturated heterocycles. The molecule has 0 aromatic heterocycles. The van der Waals surface area contributed by atoms with Gasteiger partial charge in [0.15, 0.2) is 11.9 Å². The van der Waals surface area contributed by atoms with Crippen LogP contribution in [0.3, 0.4) is 0 Å². The molecule has 2 heterocycles. The molecule has 6 nitrogen and oxygen atoms in total. The van der Waals surface area contributed by atoms with Gasteiger partial charge in [0.05, 0.1) is 5.41 Å². The predicted octanol–water partition coefficient (Wildman–Crippen LogP) is 1.95. The molecule has 0 bridgehead atoms. The number of hydrogen-bond donors (Lipinski definition) is 2. The molecule has 0 spiro atoms. The van der Waals surface area contributed by atoms with Crippen LogP contribution in [0.5, 0.6) is 5.75 Å². The van der Waals surface area contributed by atoms with E-state index in [4.69, 9.17) is 15.2 Å². The van der Waals surface area contributed by atoms with Crippen LogP contribution in [0.1, 0.15) is 34.3 Å². The fraction of sp³-hybridized carbons (Fsp3) is 0.364. The third kappa shape index (κ3) is 3.41. The number of nitrogens with two attached hydrogens (primary N) is 1. The minimum Gasteiger partial charge on any atom is -0.481 e. The monoisotopic (exact) mass is 380 g/mol. The van der Waals surface area contributed by atoms with Gasteiger partial charge in [-0.05, 0) is 30.5 Å². The Morgan fingerprint density at radius 2 is 1.82 bits per heavy atom. The topological polar surface area (TPSA) is 90.7 Å². The van der Waals surface area contributed by atoms with Gasteiger partial charge in [-0.3, -0.25) is 9.59 Å². The first-order chi connectivity index (χ1) is 13.6. The van der Waals surface area contributed by atoms with E-state index in [1.807, 2.05) is 36.4 Å². The smallest absolute Gasteiger partial charge is 0.248 e. The summed E-state index contributed by atoms with van der Waals surface area (Å²) in [5.74, 6) is 0.0680. The maximum atomic E-state index is 13.7. The van der Waals surface area contributed by atoms with Gasteiger partial charge in [0.1, 0.15) is 5.75 Å². The molecule has 2 aliphatic heterocycles. The Balaban J connectivity index is 1.68. The highest BCUT2D eigenvalue weighted by molar-refractivity contribution is 5.95. The van der Waals surface area contributed by atoms with Crippen molar-refractivity contribution in [2.24, 2.45) is 5.73 Å². The van der Waals surface area contributed by atoms with E-state index in [0.29, 0.717) is 50.5 Å². The van der Waals surface area contributed by atoms with E-state index in [9.17, 15) is 9.59 Å². The quantitative estimate of drug-likeness (QED) is 0.846. The number of hydrogen-bond acceptors (Lipinski definition) is 5. The minimum atomic E-state index is -0.650. The van der Waals surface area contributed by atoms with Crippen molar-refractivity contribution in [3.8, 4) is 5.75 Å². The van der Waals surface area contributed by atoms with Crippen LogP contribution in [-0.2, 0) is 21.5 Å². The first-order valence-corrected chi connectivity index (χ1v) is 9.58. The van der Waals surface area contributed by atoms with Crippen LogP contribution < -0.4 is 15.8 Å². The summed E-state index contributed by atoms with van der Waals surface area (Å²) in [6.07, 6.45) is 0.607. The molecule has 2 aromatic rings. The van der Waals surface area contributed by atoms with Gasteiger partial charge >= 0.3 is 0 Å². The number of carbonyl (C=O) groups is 2. The number of nitrogens with one attached hydrogen (secondary N) is 1. The van der Waals surface area contributed by atoms with Crippen LogP contribution in [-0.4, -0.2) is 37.6 Å². The number of fused-ring (bicyclic) bond motifs is 1. The van der Waals surface area contributed by atoms with Gasteiger partial charge in [0.25, 0.3) is 0 Å². The summed E-state index contributed by atoms with van der Waals surface area (Å²) in [5.41, 5.74) is 7.05. The fourth-order valence-corrected chi connectivity index (χ4v) is 4.11. The third-order valence-corrected chi connectivity index (χ3v) is 5.70. The number of amides is 1. The highest BCUT2D eigenvalue weighted by Gasteiger charge is 2.45. The lowest BCUT2D eigenvalue weighted by Crippen LogP contribution is -2.50. The summed E-state index contributed by atoms with van der Waals surface area (Å²) in [5, 5.41) is 3.30. The predicted molar refractivity (Wildman–Crippen MR) is 104 cm³/mol. The maximum Gasteiger partial charge on any atom is 0.248 e. The third-order valence-electron chi connectivity index (χ3n) is 5.70. The Morgan fingerprint density at radius 3 is 2.54 bits per heavy atom. The number of ketones is 1. The van der Waals surface area contributed by atoms with Crippen molar-refractivity contribution in [2.75, 3.05) is 19.8 Å². The van der Waals surface area contributed by atoms with E-state index in [-0.39, 0.29) is 5.78 Å². The summed E-state index contributed by atoms with van der Waals surface area (Å²) in [4.78, 5) is 25.3. The van der Waals surface area contributed by atoms with Gasteiger partial charge in [0.2, 0.25) is 5.91 Å². The fourth-order valence-electron chi connectivity index (χ4n) is 4.11. The second kappa shape index (κ2) is 7.73. The van der Waals surface area contributed by atoms with Gasteiger partial charge < -0.3 is 20.5 Å². The molecule has 1 fully saturated rings. The van der Waals surface area contributed by atoms with Crippen molar-refractivity contribution in [3.63, 3.8) is 0 Å². The molecule has 1 amide bonds. The van der Waals surface area contributed by atoms with Gasteiger partial charge in [-0.2, -0.15) is 0 Å². The van der Waals surface area contributed by atoms with Gasteiger partial charge in [0, 0.05) is 37.4 Å². The molecular weight excluding hydrogens is 356 g/mol. The summed E-state index contributed by atoms with van der Waals surface area (Å²) in [7, 11) is 0. The first-order valence-electron chi connectivity index (χ1n) is 9.58. The van der Waals surface area contributed by atoms with E-state index in [1.54, 1.807) is 12.1 Å². The van der Waals surface area contributed by atoms with E-state index < -0.39 is 17.4 Å². The van der Waals surface area contributed by atoms with Gasteiger partial charge in [-0.1, -0.05) is 36.4 Å². The Kier molecular flexibility index (Phi) is 5.15. The molecule has 1 unspecified atom stereocenters. The van der Waals surface area contributed by atoms with Crippen LogP contribution in [0.2, 0.25) is 0 Å². The number of carbonyl (C=O) groups excluding carboxylic acids is 2. The van der Waals surface area contributed by atoms with Crippen molar-refractivity contribution in [1.82, 2.24) is 5.32 Å². The highest BCUT2D eigenvalue weighted by atomic mass is 16.5. The Bertz CT molecular complexity index is 875. The van der Waals surface area contributed by atoms with E-state index in [2.05, 4.69) is 5.32 Å². The average Bonchev–Trinajstić information content (AvgIpc) is 2.96. The van der Waals surface area contributed by atoms with Crippen molar-refractivity contribution in [1.29, 1.82) is 0 Å². The van der Waals surface area contributed by atoms with E-state index >= 15 is 0 Å². The Morgan fingerprint density at radius 1 is 1.07 bits per heavy atom. The second-order valence-corrected chi connectivity index (χ2v) is 7.35. The lowest BCUT2D eigenvalue weighted by atomic mass is 9.69. The summed E-state index contributed by atoms with van der Waals surface area (Å²) >= 11 is 0. The molecule has 3 N–H and O–H groups in total. The number of primary amides is 1. The molecule has 2 aliphatic rings. The summed E-state index contributed by atoms with van der Waals surface area (Å²) in [6.45, 7) is 2.07. The molecule has 6 heteroatoms. The van der Waals surface area contributed by atoms with Crippen molar-refractivity contribution in [3.05, 3.63) is 65.2 Å². The highest BCUT2D eigenvalue weighted by Crippen LogP contribution is 2.38.